The number of likely N-dealkylation sites (tertiary alicyclic amines) is 1. The predicted molar refractivity (Wildman–Crippen MR) is 90.1 cm³/mol. The van der Waals surface area contributed by atoms with Gasteiger partial charge in [-0.25, -0.2) is 4.79 Å². The Morgan fingerprint density at radius 3 is 2.62 bits per heavy atom. The zero-order valence-electron chi connectivity index (χ0n) is 12.0. The molecule has 0 aliphatic carbocycles. The molecule has 0 spiro atoms. The molecule has 116 valence electrons. The van der Waals surface area contributed by atoms with E-state index in [-0.39, 0.29) is 23.8 Å². The van der Waals surface area contributed by atoms with E-state index in [0.717, 1.165) is 18.4 Å². The fourth-order valence-electron chi connectivity index (χ4n) is 2.21. The number of carbonyl (C=O) groups is 2. The molecule has 1 aliphatic rings. The largest absolute Gasteiger partial charge is 0.445 e. The highest BCUT2D eigenvalue weighted by atomic mass is 79.9. The summed E-state index contributed by atoms with van der Waals surface area (Å²) in [5, 5.41) is 0.278. The normalized spacial score (nSPS) is 16.9. The second-order valence-corrected chi connectivity index (χ2v) is 5.05. The maximum Gasteiger partial charge on any atom is 0.410 e. The summed E-state index contributed by atoms with van der Waals surface area (Å²) in [7, 11) is 0. The number of Topliss-reactive ketones (excluding diaryl/α,β-unsaturated/α-hetero) is 1. The molecule has 0 aromatic heterocycles. The van der Waals surface area contributed by atoms with Crippen molar-refractivity contribution in [3.63, 3.8) is 0 Å². The molecule has 0 radical (unpaired) electrons. The number of rotatable bonds is 4. The van der Waals surface area contributed by atoms with E-state index in [4.69, 9.17) is 4.74 Å². The van der Waals surface area contributed by atoms with Gasteiger partial charge in [-0.15, -0.1) is 0 Å². The molecule has 4 nitrogen and oxygen atoms in total. The maximum atomic E-state index is 12.0. The molecule has 1 atom stereocenters. The number of carbonyl (C=O) groups excluding carboxylic acids is 2. The first kappa shape index (κ1) is 18.0. The molecule has 6 heteroatoms. The van der Waals surface area contributed by atoms with Gasteiger partial charge in [-0.1, -0.05) is 46.3 Å². The summed E-state index contributed by atoms with van der Waals surface area (Å²) in [4.78, 5) is 25.2. The van der Waals surface area contributed by atoms with Gasteiger partial charge in [-0.2, -0.15) is 12.6 Å². The lowest BCUT2D eigenvalue weighted by Gasteiger charge is -2.22. The van der Waals surface area contributed by atoms with Gasteiger partial charge in [0.25, 0.3) is 0 Å². The summed E-state index contributed by atoms with van der Waals surface area (Å²) in [6.07, 6.45) is 2.87. The summed E-state index contributed by atoms with van der Waals surface area (Å²) < 4.78 is 5.26. The van der Waals surface area contributed by atoms with Crippen molar-refractivity contribution in [2.45, 2.75) is 25.5 Å². The molecular formula is C15H20BrNO3S. The number of ketones is 1. The van der Waals surface area contributed by atoms with Crippen molar-refractivity contribution in [1.29, 1.82) is 0 Å². The number of hydrogen-bond donors (Lipinski definition) is 1. The van der Waals surface area contributed by atoms with E-state index in [2.05, 4.69) is 28.6 Å². The third-order valence-electron chi connectivity index (χ3n) is 3.20. The van der Waals surface area contributed by atoms with E-state index in [0.29, 0.717) is 6.54 Å². The molecule has 1 aromatic rings. The molecule has 1 heterocycles. The summed E-state index contributed by atoms with van der Waals surface area (Å²) in [6, 6.07) is 9.18. The third-order valence-corrected chi connectivity index (χ3v) is 3.75. The average molecular weight is 374 g/mol. The fraction of sp³-hybridized carbons (Fsp3) is 0.467. The Bertz CT molecular complexity index is 455. The Balaban J connectivity index is 0.00000106. The van der Waals surface area contributed by atoms with Gasteiger partial charge in [-0.3, -0.25) is 9.69 Å². The van der Waals surface area contributed by atoms with Gasteiger partial charge < -0.3 is 4.74 Å². The van der Waals surface area contributed by atoms with Gasteiger partial charge >= 0.3 is 6.09 Å². The van der Waals surface area contributed by atoms with Crippen LogP contribution in [0.4, 0.5) is 4.79 Å². The van der Waals surface area contributed by atoms with E-state index >= 15 is 0 Å². The lowest BCUT2D eigenvalue weighted by molar-refractivity contribution is -0.120. The highest BCUT2D eigenvalue weighted by molar-refractivity contribution is 9.09. The SMILES string of the molecule is CS.O=C(CBr)[C@@H]1CCCN1C(=O)OCc1ccccc1. The summed E-state index contributed by atoms with van der Waals surface area (Å²) in [5.41, 5.74) is 0.943. The van der Waals surface area contributed by atoms with Crippen LogP contribution in [0, 0.1) is 0 Å². The summed E-state index contributed by atoms with van der Waals surface area (Å²) in [6.45, 7) is 0.836. The minimum Gasteiger partial charge on any atom is -0.445 e. The van der Waals surface area contributed by atoms with Crippen LogP contribution in [0.1, 0.15) is 18.4 Å². The number of alkyl halides is 1. The zero-order chi connectivity index (χ0) is 15.7. The zero-order valence-corrected chi connectivity index (χ0v) is 14.5. The van der Waals surface area contributed by atoms with Crippen molar-refractivity contribution in [3.8, 4) is 0 Å². The summed E-state index contributed by atoms with van der Waals surface area (Å²) >= 11 is 6.68. The molecule has 0 N–H and O–H groups in total. The van der Waals surface area contributed by atoms with Crippen LogP contribution in [0.2, 0.25) is 0 Å². The van der Waals surface area contributed by atoms with Crippen LogP contribution in [0.25, 0.3) is 0 Å². The van der Waals surface area contributed by atoms with E-state index in [1.54, 1.807) is 6.26 Å². The first-order valence-corrected chi connectivity index (χ1v) is 8.74. The third kappa shape index (κ3) is 5.36. The maximum absolute atomic E-state index is 12.0. The molecule has 1 aromatic carbocycles. The van der Waals surface area contributed by atoms with Crippen LogP contribution in [-0.2, 0) is 16.1 Å². The number of hydrogen-bond acceptors (Lipinski definition) is 4. The fourth-order valence-corrected chi connectivity index (χ4v) is 2.58. The standard InChI is InChI=1S/C14H16BrNO3.CH4S/c15-9-13(17)12-7-4-8-16(12)14(18)19-10-11-5-2-1-3-6-11;1-2/h1-3,5-6,12H,4,7-10H2;2H,1H3/t12-;/m0./s1. The van der Waals surface area contributed by atoms with E-state index in [1.807, 2.05) is 30.3 Å². The van der Waals surface area contributed by atoms with Crippen LogP contribution in [-0.4, -0.2) is 40.9 Å². The minimum atomic E-state index is -0.402. The molecule has 0 saturated carbocycles. The molecule has 1 amide bonds. The molecule has 1 fully saturated rings. The molecule has 1 aliphatic heterocycles. The van der Waals surface area contributed by atoms with Crippen LogP contribution in [0.5, 0.6) is 0 Å². The van der Waals surface area contributed by atoms with Crippen LogP contribution < -0.4 is 0 Å². The van der Waals surface area contributed by atoms with E-state index < -0.39 is 6.09 Å². The molecule has 2 rings (SSSR count). The first-order valence-electron chi connectivity index (χ1n) is 6.73. The number of ether oxygens (including phenoxy) is 1. The van der Waals surface area contributed by atoms with Crippen LogP contribution >= 0.6 is 28.6 Å². The van der Waals surface area contributed by atoms with Crippen LogP contribution in [0.15, 0.2) is 30.3 Å². The van der Waals surface area contributed by atoms with Crippen LogP contribution in [0.3, 0.4) is 0 Å². The van der Waals surface area contributed by atoms with Crippen molar-refractivity contribution in [2.75, 3.05) is 18.1 Å². The Labute approximate surface area is 139 Å². The number of amides is 1. The van der Waals surface area contributed by atoms with Gasteiger partial charge in [0.1, 0.15) is 6.61 Å². The molecule has 0 unspecified atom stereocenters. The second-order valence-electron chi connectivity index (χ2n) is 4.49. The van der Waals surface area contributed by atoms with Crippen molar-refractivity contribution in [1.82, 2.24) is 4.90 Å². The minimum absolute atomic E-state index is 0.0363. The van der Waals surface area contributed by atoms with Gasteiger partial charge in [0, 0.05) is 6.54 Å². The average Bonchev–Trinajstić information content (AvgIpc) is 3.04. The summed E-state index contributed by atoms with van der Waals surface area (Å²) in [5.74, 6) is 0.0363. The lowest BCUT2D eigenvalue weighted by Crippen LogP contribution is -2.41. The Kier molecular flexibility index (Phi) is 8.45. The second kappa shape index (κ2) is 9.84. The van der Waals surface area contributed by atoms with E-state index in [1.165, 1.54) is 4.90 Å². The monoisotopic (exact) mass is 373 g/mol. The molecule has 1 saturated heterocycles. The number of thiol groups is 1. The van der Waals surface area contributed by atoms with Gasteiger partial charge in [-0.05, 0) is 24.7 Å². The molecular weight excluding hydrogens is 354 g/mol. The van der Waals surface area contributed by atoms with Crippen molar-refractivity contribution in [3.05, 3.63) is 35.9 Å². The Morgan fingerprint density at radius 1 is 1.33 bits per heavy atom. The number of halogens is 1. The highest BCUT2D eigenvalue weighted by Crippen LogP contribution is 2.20. The van der Waals surface area contributed by atoms with E-state index in [9.17, 15) is 9.59 Å². The molecule has 21 heavy (non-hydrogen) atoms. The van der Waals surface area contributed by atoms with Gasteiger partial charge in [0.05, 0.1) is 11.4 Å². The van der Waals surface area contributed by atoms with Crippen molar-refractivity contribution < 1.29 is 14.3 Å². The van der Waals surface area contributed by atoms with Gasteiger partial charge in [0.2, 0.25) is 0 Å². The topological polar surface area (TPSA) is 46.6 Å². The quantitative estimate of drug-likeness (QED) is 0.650. The number of benzene rings is 1. The highest BCUT2D eigenvalue weighted by Gasteiger charge is 2.34. The lowest BCUT2D eigenvalue weighted by atomic mass is 10.1. The van der Waals surface area contributed by atoms with Gasteiger partial charge in [0.15, 0.2) is 5.78 Å². The Hall–Kier alpha value is -1.01. The van der Waals surface area contributed by atoms with Crippen molar-refractivity contribution >= 4 is 40.4 Å². The van der Waals surface area contributed by atoms with Crippen molar-refractivity contribution in [2.24, 2.45) is 0 Å². The Morgan fingerprint density at radius 2 is 2.00 bits per heavy atom. The smallest absolute Gasteiger partial charge is 0.410 e. The number of nitrogens with zero attached hydrogens (tertiary/aromatic N) is 1. The first-order chi connectivity index (χ1) is 10.2. The predicted octanol–water partition coefficient (Wildman–Crippen LogP) is 3.30. The molecule has 0 bridgehead atoms.